The minimum absolute atomic E-state index is 0.136. The average Bonchev–Trinajstić information content (AvgIpc) is 3.07. The number of hydrogen-bond donors (Lipinski definition) is 0. The van der Waals surface area contributed by atoms with Crippen molar-refractivity contribution < 1.29 is 9.72 Å². The molecular weight excluding hydrogens is 378 g/mol. The van der Waals surface area contributed by atoms with Gasteiger partial charge in [0.25, 0.3) is 11.6 Å². The Morgan fingerprint density at radius 1 is 1.29 bits per heavy atom. The maximum atomic E-state index is 12.8. The van der Waals surface area contributed by atoms with Gasteiger partial charge in [-0.2, -0.15) is 0 Å². The lowest BCUT2D eigenvalue weighted by molar-refractivity contribution is -0.387. The molecule has 1 heterocycles. The van der Waals surface area contributed by atoms with Crippen LogP contribution in [-0.4, -0.2) is 37.5 Å². The molecule has 0 saturated carbocycles. The van der Waals surface area contributed by atoms with Gasteiger partial charge < -0.3 is 9.47 Å². The second-order valence-corrected chi connectivity index (χ2v) is 7.36. The molecule has 0 saturated heterocycles. The van der Waals surface area contributed by atoms with E-state index in [0.29, 0.717) is 16.6 Å². The predicted octanol–water partition coefficient (Wildman–Crippen LogP) is 3.46. The van der Waals surface area contributed by atoms with Gasteiger partial charge in [-0.25, -0.2) is 0 Å². The van der Waals surface area contributed by atoms with Gasteiger partial charge in [0, 0.05) is 32.3 Å². The van der Waals surface area contributed by atoms with Crippen molar-refractivity contribution >= 4 is 23.4 Å². The Hall–Kier alpha value is -3.20. The molecule has 28 heavy (non-hydrogen) atoms. The van der Waals surface area contributed by atoms with Gasteiger partial charge in [0.2, 0.25) is 0 Å². The summed E-state index contributed by atoms with van der Waals surface area (Å²) in [5, 5.41) is 19.8. The van der Waals surface area contributed by atoms with E-state index in [1.165, 1.54) is 12.4 Å². The van der Waals surface area contributed by atoms with Crippen molar-refractivity contribution in [1.82, 2.24) is 19.7 Å². The van der Waals surface area contributed by atoms with Crippen LogP contribution in [0, 0.1) is 17.0 Å². The number of carbonyl (C=O) groups is 1. The molecule has 0 radical (unpaired) electrons. The normalized spacial score (nSPS) is 10.7. The van der Waals surface area contributed by atoms with E-state index in [1.54, 1.807) is 35.7 Å². The van der Waals surface area contributed by atoms with E-state index in [2.05, 4.69) is 10.2 Å². The van der Waals surface area contributed by atoms with E-state index in [9.17, 15) is 14.9 Å². The fraction of sp³-hybridized carbons (Fsp3) is 0.211. The number of nitro benzene ring substituents is 1. The van der Waals surface area contributed by atoms with Crippen molar-refractivity contribution in [2.24, 2.45) is 7.05 Å². The summed E-state index contributed by atoms with van der Waals surface area (Å²) < 4.78 is 1.67. The van der Waals surface area contributed by atoms with Crippen LogP contribution in [0.4, 0.5) is 5.69 Å². The van der Waals surface area contributed by atoms with Crippen molar-refractivity contribution in [3.63, 3.8) is 0 Å². The molecule has 0 N–H and O–H groups in total. The SMILES string of the molecule is Cc1ccccc1CN(C)C(=O)c1ccc(Sc2nncn2C)c([N+](=O)[O-])c1. The summed E-state index contributed by atoms with van der Waals surface area (Å²) in [5.74, 6) is -0.276. The molecular formula is C19H19N5O3S. The Morgan fingerprint density at radius 3 is 2.68 bits per heavy atom. The predicted molar refractivity (Wildman–Crippen MR) is 105 cm³/mol. The number of rotatable bonds is 6. The Kier molecular flexibility index (Phi) is 5.74. The Morgan fingerprint density at radius 2 is 2.04 bits per heavy atom. The van der Waals surface area contributed by atoms with Crippen LogP contribution in [0.15, 0.2) is 58.8 Å². The number of nitro groups is 1. The summed E-state index contributed by atoms with van der Waals surface area (Å²) in [7, 11) is 3.44. The minimum atomic E-state index is -0.489. The molecule has 1 amide bonds. The van der Waals surface area contributed by atoms with Crippen LogP contribution in [0.5, 0.6) is 0 Å². The highest BCUT2D eigenvalue weighted by Crippen LogP contribution is 2.34. The van der Waals surface area contributed by atoms with Gasteiger partial charge in [-0.1, -0.05) is 24.3 Å². The minimum Gasteiger partial charge on any atom is -0.337 e. The fourth-order valence-electron chi connectivity index (χ4n) is 2.68. The molecule has 1 aromatic heterocycles. The van der Waals surface area contributed by atoms with Gasteiger partial charge in [-0.3, -0.25) is 14.9 Å². The quantitative estimate of drug-likeness (QED) is 0.467. The first-order chi connectivity index (χ1) is 13.4. The molecule has 3 rings (SSSR count). The summed E-state index contributed by atoms with van der Waals surface area (Å²) in [6.45, 7) is 2.41. The number of amides is 1. The summed E-state index contributed by atoms with van der Waals surface area (Å²) in [6, 6.07) is 12.3. The van der Waals surface area contributed by atoms with Gasteiger partial charge >= 0.3 is 0 Å². The number of hydrogen-bond acceptors (Lipinski definition) is 6. The Labute approximate surface area is 166 Å². The molecule has 2 aromatic carbocycles. The third-order valence-corrected chi connectivity index (χ3v) is 5.41. The van der Waals surface area contributed by atoms with Gasteiger partial charge in [0.1, 0.15) is 6.33 Å². The van der Waals surface area contributed by atoms with Gasteiger partial charge in [-0.05, 0) is 41.9 Å². The largest absolute Gasteiger partial charge is 0.337 e. The molecule has 0 aliphatic heterocycles. The molecule has 9 heteroatoms. The maximum Gasteiger partial charge on any atom is 0.284 e. The highest BCUT2D eigenvalue weighted by Gasteiger charge is 2.21. The molecule has 0 aliphatic rings. The number of nitrogens with zero attached hydrogens (tertiary/aromatic N) is 5. The van der Waals surface area contributed by atoms with E-state index in [-0.39, 0.29) is 17.2 Å². The summed E-state index contributed by atoms with van der Waals surface area (Å²) in [4.78, 5) is 25.8. The molecule has 0 aliphatic carbocycles. The fourth-order valence-corrected chi connectivity index (χ4v) is 3.53. The van der Waals surface area contributed by atoms with Crippen molar-refractivity contribution in [2.75, 3.05) is 7.05 Å². The summed E-state index contributed by atoms with van der Waals surface area (Å²) in [6.07, 6.45) is 1.52. The van der Waals surface area contributed by atoms with Crippen LogP contribution < -0.4 is 0 Å². The molecule has 0 spiro atoms. The highest BCUT2D eigenvalue weighted by molar-refractivity contribution is 7.99. The Balaban J connectivity index is 1.84. The summed E-state index contributed by atoms with van der Waals surface area (Å²) >= 11 is 1.13. The molecule has 0 fully saturated rings. The molecule has 144 valence electrons. The van der Waals surface area contributed by atoms with Crippen molar-refractivity contribution in [2.45, 2.75) is 23.5 Å². The molecule has 3 aromatic rings. The number of aromatic nitrogens is 3. The first-order valence-corrected chi connectivity index (χ1v) is 9.28. The van der Waals surface area contributed by atoms with Crippen molar-refractivity contribution in [1.29, 1.82) is 0 Å². The van der Waals surface area contributed by atoms with Crippen LogP contribution >= 0.6 is 11.8 Å². The molecule has 0 unspecified atom stereocenters. The molecule has 0 bridgehead atoms. The third kappa shape index (κ3) is 4.20. The lowest BCUT2D eigenvalue weighted by Crippen LogP contribution is -2.26. The first-order valence-electron chi connectivity index (χ1n) is 8.47. The van der Waals surface area contributed by atoms with Crippen LogP contribution in [0.25, 0.3) is 0 Å². The van der Waals surface area contributed by atoms with Gasteiger partial charge in [0.05, 0.1) is 9.82 Å². The zero-order valence-corrected chi connectivity index (χ0v) is 16.5. The molecule has 0 atom stereocenters. The van der Waals surface area contributed by atoms with E-state index in [1.807, 2.05) is 31.2 Å². The standard InChI is InChI=1S/C19H19N5O3S/c1-13-6-4-5-7-15(13)11-22(2)18(25)14-8-9-17(16(10-14)24(26)27)28-19-21-20-12-23(19)3/h4-10,12H,11H2,1-3H3. The van der Waals surface area contributed by atoms with Crippen LogP contribution in [0.3, 0.4) is 0 Å². The number of aryl methyl sites for hydroxylation is 2. The number of carbonyl (C=O) groups excluding carboxylic acids is 1. The van der Waals surface area contributed by atoms with Gasteiger partial charge in [0.15, 0.2) is 5.16 Å². The topological polar surface area (TPSA) is 94.2 Å². The Bertz CT molecular complexity index is 1030. The zero-order chi connectivity index (χ0) is 20.3. The van der Waals surface area contributed by atoms with Crippen molar-refractivity contribution in [3.05, 3.63) is 75.6 Å². The number of benzene rings is 2. The second kappa shape index (κ2) is 8.22. The lowest BCUT2D eigenvalue weighted by Gasteiger charge is -2.18. The highest BCUT2D eigenvalue weighted by atomic mass is 32.2. The van der Waals surface area contributed by atoms with Crippen LogP contribution in [0.2, 0.25) is 0 Å². The lowest BCUT2D eigenvalue weighted by atomic mass is 10.1. The molecule has 8 nitrogen and oxygen atoms in total. The van der Waals surface area contributed by atoms with E-state index in [0.717, 1.165) is 22.9 Å². The monoisotopic (exact) mass is 397 g/mol. The average molecular weight is 397 g/mol. The summed E-state index contributed by atoms with van der Waals surface area (Å²) in [5.41, 5.74) is 2.25. The van der Waals surface area contributed by atoms with E-state index in [4.69, 9.17) is 0 Å². The van der Waals surface area contributed by atoms with E-state index >= 15 is 0 Å². The van der Waals surface area contributed by atoms with Gasteiger partial charge in [-0.15, -0.1) is 10.2 Å². The smallest absolute Gasteiger partial charge is 0.284 e. The first kappa shape index (κ1) is 19.6. The van der Waals surface area contributed by atoms with E-state index < -0.39 is 4.92 Å². The van der Waals surface area contributed by atoms with Crippen LogP contribution in [0.1, 0.15) is 21.5 Å². The maximum absolute atomic E-state index is 12.8. The third-order valence-electron chi connectivity index (χ3n) is 4.29. The zero-order valence-electron chi connectivity index (χ0n) is 15.7. The second-order valence-electron chi connectivity index (χ2n) is 6.35. The van der Waals surface area contributed by atoms with Crippen molar-refractivity contribution in [3.8, 4) is 0 Å². The van der Waals surface area contributed by atoms with Crippen LogP contribution in [-0.2, 0) is 13.6 Å².